The van der Waals surface area contributed by atoms with Crippen LogP contribution < -0.4 is 9.57 Å². The molecule has 0 saturated carbocycles. The molecule has 6 nitrogen and oxygen atoms in total. The topological polar surface area (TPSA) is 84.8 Å². The summed E-state index contributed by atoms with van der Waals surface area (Å²) < 4.78 is 31.3. The van der Waals surface area contributed by atoms with Crippen LogP contribution in [0.1, 0.15) is 21.5 Å². The van der Waals surface area contributed by atoms with Crippen molar-refractivity contribution in [3.63, 3.8) is 0 Å². The van der Waals surface area contributed by atoms with Crippen molar-refractivity contribution >= 4 is 48.9 Å². The van der Waals surface area contributed by atoms with Crippen molar-refractivity contribution in [2.75, 3.05) is 0 Å². The van der Waals surface area contributed by atoms with E-state index in [9.17, 15) is 13.2 Å². The number of esters is 1. The van der Waals surface area contributed by atoms with Gasteiger partial charge in [-0.05, 0) is 54.1 Å². The van der Waals surface area contributed by atoms with Gasteiger partial charge in [-0.25, -0.2) is 9.63 Å². The van der Waals surface area contributed by atoms with Crippen LogP contribution in [0.5, 0.6) is 5.75 Å². The first-order valence-corrected chi connectivity index (χ1v) is 12.2. The van der Waals surface area contributed by atoms with Gasteiger partial charge in [-0.2, -0.15) is 13.5 Å². The standard InChI is InChI=1S/C25H19BrN2O4S/c1-17-9-12-21(13-10-17)33(30,31)28-27-16-19-15-20(26)11-14-24(19)32-25(29)23-8-4-6-18-5-2-3-7-22(18)23/h2-16,28H,1H3/b27-16-. The molecule has 33 heavy (non-hydrogen) atoms. The van der Waals surface area contributed by atoms with Crippen molar-refractivity contribution in [2.24, 2.45) is 5.10 Å². The van der Waals surface area contributed by atoms with Crippen LogP contribution in [-0.2, 0) is 10.0 Å². The lowest BCUT2D eigenvalue weighted by Gasteiger charge is -2.10. The van der Waals surface area contributed by atoms with Crippen LogP contribution in [0.4, 0.5) is 0 Å². The van der Waals surface area contributed by atoms with Gasteiger partial charge < -0.3 is 4.74 Å². The number of fused-ring (bicyclic) bond motifs is 1. The molecule has 0 unspecified atom stereocenters. The van der Waals surface area contributed by atoms with Gasteiger partial charge in [0.25, 0.3) is 10.0 Å². The van der Waals surface area contributed by atoms with E-state index in [4.69, 9.17) is 4.74 Å². The van der Waals surface area contributed by atoms with Crippen molar-refractivity contribution < 1.29 is 17.9 Å². The zero-order valence-corrected chi connectivity index (χ0v) is 19.9. The molecule has 1 N–H and O–H groups in total. The van der Waals surface area contributed by atoms with Crippen LogP contribution in [0.15, 0.2) is 99.4 Å². The minimum Gasteiger partial charge on any atom is -0.422 e. The number of halogens is 1. The summed E-state index contributed by atoms with van der Waals surface area (Å²) in [7, 11) is -3.83. The summed E-state index contributed by atoms with van der Waals surface area (Å²) in [5, 5.41) is 5.58. The van der Waals surface area contributed by atoms with Gasteiger partial charge in [0.05, 0.1) is 16.7 Å². The second kappa shape index (κ2) is 9.56. The van der Waals surface area contributed by atoms with Crippen molar-refractivity contribution in [3.05, 3.63) is 106 Å². The van der Waals surface area contributed by atoms with Crippen LogP contribution in [0, 0.1) is 6.92 Å². The third-order valence-corrected chi connectivity index (χ3v) is 6.62. The smallest absolute Gasteiger partial charge is 0.344 e. The Hall–Kier alpha value is -3.49. The Balaban J connectivity index is 1.57. The maximum absolute atomic E-state index is 12.9. The van der Waals surface area contributed by atoms with Gasteiger partial charge in [-0.1, -0.05) is 70.0 Å². The van der Waals surface area contributed by atoms with Gasteiger partial charge in [0, 0.05) is 10.0 Å². The normalized spacial score (nSPS) is 11.6. The number of carbonyl (C=O) groups is 1. The Morgan fingerprint density at radius 3 is 2.48 bits per heavy atom. The summed E-state index contributed by atoms with van der Waals surface area (Å²) in [5.74, 6) is -0.279. The summed E-state index contributed by atoms with van der Waals surface area (Å²) in [6.45, 7) is 1.87. The van der Waals surface area contributed by atoms with Crippen LogP contribution in [-0.4, -0.2) is 20.6 Å². The molecule has 0 amide bonds. The average molecular weight is 523 g/mol. The number of ether oxygens (including phenoxy) is 1. The van der Waals surface area contributed by atoms with Crippen molar-refractivity contribution in [3.8, 4) is 5.75 Å². The van der Waals surface area contributed by atoms with Crippen LogP contribution in [0.25, 0.3) is 10.8 Å². The third kappa shape index (κ3) is 5.30. The molecule has 0 aliphatic heterocycles. The van der Waals surface area contributed by atoms with E-state index in [1.54, 1.807) is 42.5 Å². The van der Waals surface area contributed by atoms with E-state index in [1.165, 1.54) is 18.3 Å². The van der Waals surface area contributed by atoms with E-state index < -0.39 is 16.0 Å². The zero-order valence-electron chi connectivity index (χ0n) is 17.5. The number of nitrogens with one attached hydrogen (secondary N) is 1. The lowest BCUT2D eigenvalue weighted by molar-refractivity contribution is 0.0736. The average Bonchev–Trinajstić information content (AvgIpc) is 2.80. The van der Waals surface area contributed by atoms with Crippen molar-refractivity contribution in [1.82, 2.24) is 4.83 Å². The molecule has 0 heterocycles. The number of carbonyl (C=O) groups excluding carboxylic acids is 1. The Morgan fingerprint density at radius 1 is 0.970 bits per heavy atom. The number of sulfonamides is 1. The highest BCUT2D eigenvalue weighted by molar-refractivity contribution is 9.10. The minimum absolute atomic E-state index is 0.0992. The molecule has 0 aromatic heterocycles. The second-order valence-electron chi connectivity index (χ2n) is 7.26. The first kappa shape index (κ1) is 22.7. The highest BCUT2D eigenvalue weighted by atomic mass is 79.9. The van der Waals surface area contributed by atoms with Crippen molar-refractivity contribution in [2.45, 2.75) is 11.8 Å². The fourth-order valence-electron chi connectivity index (χ4n) is 3.21. The summed E-state index contributed by atoms with van der Waals surface area (Å²) in [6.07, 6.45) is 1.29. The van der Waals surface area contributed by atoms with E-state index in [0.717, 1.165) is 20.8 Å². The van der Waals surface area contributed by atoms with E-state index in [0.29, 0.717) is 11.1 Å². The van der Waals surface area contributed by atoms with E-state index >= 15 is 0 Å². The van der Waals surface area contributed by atoms with Gasteiger partial charge in [0.1, 0.15) is 5.75 Å². The highest BCUT2D eigenvalue weighted by Gasteiger charge is 2.15. The SMILES string of the molecule is Cc1ccc(S(=O)(=O)N/N=C\c2cc(Br)ccc2OC(=O)c2cccc3ccccc23)cc1. The Labute approximate surface area is 200 Å². The van der Waals surface area contributed by atoms with E-state index in [2.05, 4.69) is 25.9 Å². The third-order valence-electron chi connectivity index (χ3n) is 4.89. The molecule has 0 aliphatic carbocycles. The van der Waals surface area contributed by atoms with Gasteiger partial charge in [0.2, 0.25) is 0 Å². The molecule has 8 heteroatoms. The fourth-order valence-corrected chi connectivity index (χ4v) is 4.38. The Morgan fingerprint density at radius 2 is 1.70 bits per heavy atom. The molecule has 4 rings (SSSR count). The van der Waals surface area contributed by atoms with Gasteiger partial charge in [0.15, 0.2) is 0 Å². The number of hydrazone groups is 1. The van der Waals surface area contributed by atoms with Gasteiger partial charge >= 0.3 is 5.97 Å². The van der Waals surface area contributed by atoms with E-state index in [-0.39, 0.29) is 10.6 Å². The maximum atomic E-state index is 12.9. The zero-order chi connectivity index (χ0) is 23.4. The number of hydrogen-bond acceptors (Lipinski definition) is 5. The summed E-state index contributed by atoms with van der Waals surface area (Å²) in [6, 6.07) is 24.4. The molecule has 0 bridgehead atoms. The molecule has 0 fully saturated rings. The Bertz CT molecular complexity index is 1460. The molecule has 0 spiro atoms. The largest absolute Gasteiger partial charge is 0.422 e. The van der Waals surface area contributed by atoms with Crippen LogP contribution >= 0.6 is 15.9 Å². The molecular weight excluding hydrogens is 504 g/mol. The molecule has 0 aliphatic rings. The summed E-state index contributed by atoms with van der Waals surface area (Å²) in [4.78, 5) is 15.2. The number of hydrogen-bond donors (Lipinski definition) is 1. The molecule has 0 radical (unpaired) electrons. The lowest BCUT2D eigenvalue weighted by Crippen LogP contribution is -2.18. The van der Waals surface area contributed by atoms with E-state index in [1.807, 2.05) is 37.3 Å². The van der Waals surface area contributed by atoms with Crippen molar-refractivity contribution in [1.29, 1.82) is 0 Å². The minimum atomic E-state index is -3.83. The van der Waals surface area contributed by atoms with Gasteiger partial charge in [-0.3, -0.25) is 0 Å². The second-order valence-corrected chi connectivity index (χ2v) is 9.84. The maximum Gasteiger partial charge on any atom is 0.344 e. The predicted octanol–water partition coefficient (Wildman–Crippen LogP) is 5.44. The molecule has 4 aromatic rings. The summed E-state index contributed by atoms with van der Waals surface area (Å²) >= 11 is 3.37. The quantitative estimate of drug-likeness (QED) is 0.158. The molecule has 0 atom stereocenters. The van der Waals surface area contributed by atoms with Gasteiger partial charge in [-0.15, -0.1) is 0 Å². The monoisotopic (exact) mass is 522 g/mol. The number of aryl methyl sites for hydroxylation is 1. The first-order chi connectivity index (χ1) is 15.8. The molecule has 4 aromatic carbocycles. The number of nitrogens with zero attached hydrogens (tertiary/aromatic N) is 1. The molecule has 166 valence electrons. The predicted molar refractivity (Wildman–Crippen MR) is 132 cm³/mol. The lowest BCUT2D eigenvalue weighted by atomic mass is 10.0. The first-order valence-electron chi connectivity index (χ1n) is 9.94. The number of rotatable bonds is 6. The Kier molecular flexibility index (Phi) is 6.57. The molecular formula is C25H19BrN2O4S. The van der Waals surface area contributed by atoms with Crippen LogP contribution in [0.2, 0.25) is 0 Å². The van der Waals surface area contributed by atoms with Crippen LogP contribution in [0.3, 0.4) is 0 Å². The number of benzene rings is 4. The summed E-state index contributed by atoms with van der Waals surface area (Å²) in [5.41, 5.74) is 1.80. The fraction of sp³-hybridized carbons (Fsp3) is 0.0400. The highest BCUT2D eigenvalue weighted by Crippen LogP contribution is 2.25. The molecule has 0 saturated heterocycles.